The van der Waals surface area contributed by atoms with Crippen LogP contribution >= 0.6 is 11.3 Å². The van der Waals surface area contributed by atoms with E-state index in [-0.39, 0.29) is 0 Å². The van der Waals surface area contributed by atoms with Crippen LogP contribution in [0.4, 0.5) is 5.69 Å². The largest absolute Gasteiger partial charge is 0.399 e. The molecule has 0 radical (unpaired) electrons. The maximum absolute atomic E-state index is 5.74. The van der Waals surface area contributed by atoms with Gasteiger partial charge in [0.2, 0.25) is 0 Å². The molecule has 15 heavy (non-hydrogen) atoms. The molecule has 1 aromatic heterocycles. The highest BCUT2D eigenvalue weighted by Gasteiger charge is 2.00. The second kappa shape index (κ2) is 3.77. The molecule has 2 heteroatoms. The molecule has 0 amide bonds. The van der Waals surface area contributed by atoms with Crippen molar-refractivity contribution in [2.45, 2.75) is 0 Å². The summed E-state index contributed by atoms with van der Waals surface area (Å²) >= 11 is 1.68. The number of thiophene rings is 1. The second-order valence-corrected chi connectivity index (χ2v) is 4.26. The minimum atomic E-state index is 0.782. The van der Waals surface area contributed by atoms with Gasteiger partial charge in [-0.1, -0.05) is 25.3 Å². The lowest BCUT2D eigenvalue weighted by Crippen LogP contribution is -2.16. The quantitative estimate of drug-likeness (QED) is 0.721. The molecular weight excluding hydrogens is 202 g/mol. The number of benzene rings is 1. The van der Waals surface area contributed by atoms with E-state index in [0.717, 1.165) is 25.5 Å². The highest BCUT2D eigenvalue weighted by Crippen LogP contribution is 2.16. The molecule has 0 aliphatic heterocycles. The van der Waals surface area contributed by atoms with Gasteiger partial charge < -0.3 is 5.73 Å². The smallest absolute Gasteiger partial charge is 0.0432 e. The van der Waals surface area contributed by atoms with Crippen LogP contribution in [-0.4, -0.2) is 0 Å². The summed E-state index contributed by atoms with van der Waals surface area (Å²) in [5.74, 6) is 0. The summed E-state index contributed by atoms with van der Waals surface area (Å²) in [6.45, 7) is 7.41. The summed E-state index contributed by atoms with van der Waals surface area (Å²) in [6.07, 6.45) is 3.74. The Kier molecular flexibility index (Phi) is 2.46. The summed E-state index contributed by atoms with van der Waals surface area (Å²) in [6, 6.07) is 5.88. The molecular formula is C13H11NS. The van der Waals surface area contributed by atoms with Gasteiger partial charge in [-0.3, -0.25) is 0 Å². The normalized spacial score (nSPS) is 11.6. The Morgan fingerprint density at radius 1 is 1.40 bits per heavy atom. The molecule has 0 saturated carbocycles. The molecule has 0 aliphatic rings. The predicted octanol–water partition coefficient (Wildman–Crippen LogP) is 2.02. The lowest BCUT2D eigenvalue weighted by atomic mass is 10.2. The highest BCUT2D eigenvalue weighted by atomic mass is 32.1. The van der Waals surface area contributed by atoms with Crippen LogP contribution in [-0.2, 0) is 0 Å². The van der Waals surface area contributed by atoms with E-state index in [1.807, 2.05) is 24.3 Å². The number of nitrogens with two attached hydrogens (primary N) is 1. The molecule has 1 nitrogen and oxygen atoms in total. The lowest BCUT2D eigenvalue weighted by molar-refractivity contribution is 1.74. The zero-order chi connectivity index (χ0) is 10.8. The number of allylic oxidation sites excluding steroid dienone is 1. The first-order chi connectivity index (χ1) is 7.26. The minimum absolute atomic E-state index is 0.782. The van der Waals surface area contributed by atoms with Gasteiger partial charge in [0.15, 0.2) is 0 Å². The van der Waals surface area contributed by atoms with E-state index in [9.17, 15) is 0 Å². The molecule has 0 unspecified atom stereocenters. The van der Waals surface area contributed by atoms with Gasteiger partial charge in [-0.2, -0.15) is 0 Å². The average Bonchev–Trinajstić information content (AvgIpc) is 2.54. The lowest BCUT2D eigenvalue weighted by Gasteiger charge is -1.90. The molecule has 0 bridgehead atoms. The van der Waals surface area contributed by atoms with Gasteiger partial charge in [-0.15, -0.1) is 17.1 Å². The van der Waals surface area contributed by atoms with Crippen molar-refractivity contribution in [1.29, 1.82) is 0 Å². The van der Waals surface area contributed by atoms with Gasteiger partial charge in [0, 0.05) is 25.5 Å². The molecule has 74 valence electrons. The maximum Gasteiger partial charge on any atom is 0.0432 e. The molecule has 2 rings (SSSR count). The van der Waals surface area contributed by atoms with Crippen molar-refractivity contribution in [2.24, 2.45) is 0 Å². The van der Waals surface area contributed by atoms with Gasteiger partial charge >= 0.3 is 0 Å². The molecule has 0 atom stereocenters. The van der Waals surface area contributed by atoms with Crippen LogP contribution in [0.5, 0.6) is 0 Å². The van der Waals surface area contributed by atoms with Crippen molar-refractivity contribution in [1.82, 2.24) is 0 Å². The molecule has 1 aromatic carbocycles. The summed E-state index contributed by atoms with van der Waals surface area (Å²) in [4.78, 5) is 0. The standard InChI is InChI=1S/C13H11NS/c1-3-5-12-10(4-2)11-7-6-9(14)8-13(11)15-12/h3,5-8H,1-2,14H2/b12-5+. The Labute approximate surface area is 92.2 Å². The van der Waals surface area contributed by atoms with Gasteiger partial charge in [-0.05, 0) is 18.2 Å². The number of nitrogen functional groups attached to an aromatic ring is 1. The van der Waals surface area contributed by atoms with E-state index in [1.165, 1.54) is 0 Å². The van der Waals surface area contributed by atoms with Gasteiger partial charge in [0.05, 0.1) is 0 Å². The predicted molar refractivity (Wildman–Crippen MR) is 69.2 cm³/mol. The molecule has 0 spiro atoms. The van der Waals surface area contributed by atoms with E-state index < -0.39 is 0 Å². The van der Waals surface area contributed by atoms with Crippen molar-refractivity contribution >= 4 is 38.9 Å². The van der Waals surface area contributed by atoms with Crippen LogP contribution in [0.2, 0.25) is 0 Å². The summed E-state index contributed by atoms with van der Waals surface area (Å²) < 4.78 is 2.29. The van der Waals surface area contributed by atoms with Gasteiger partial charge in [0.1, 0.15) is 0 Å². The van der Waals surface area contributed by atoms with Crippen molar-refractivity contribution in [3.8, 4) is 0 Å². The van der Waals surface area contributed by atoms with Crippen LogP contribution in [0.25, 0.3) is 21.9 Å². The third-order valence-electron chi connectivity index (χ3n) is 2.19. The number of rotatable bonds is 1. The molecule has 2 N–H and O–H groups in total. The fourth-order valence-corrected chi connectivity index (χ4v) is 2.70. The topological polar surface area (TPSA) is 26.0 Å². The number of hydrogen-bond acceptors (Lipinski definition) is 2. The Morgan fingerprint density at radius 2 is 2.20 bits per heavy atom. The molecule has 0 fully saturated rings. The average molecular weight is 213 g/mol. The molecule has 0 saturated heterocycles. The minimum Gasteiger partial charge on any atom is -0.399 e. The number of anilines is 1. The van der Waals surface area contributed by atoms with Crippen LogP contribution in [0.1, 0.15) is 0 Å². The zero-order valence-corrected chi connectivity index (χ0v) is 9.10. The SMILES string of the molecule is C=C=c1/c(=C\C=C)sc2cc(N)ccc12. The Balaban J connectivity index is 3.05. The fraction of sp³-hybridized carbons (Fsp3) is 0. The fourth-order valence-electron chi connectivity index (χ4n) is 1.54. The monoisotopic (exact) mass is 213 g/mol. The molecule has 2 aromatic rings. The Hall–Kier alpha value is -1.76. The number of fused-ring (bicyclic) bond motifs is 1. The first-order valence-electron chi connectivity index (χ1n) is 4.57. The van der Waals surface area contributed by atoms with Crippen LogP contribution in [0, 0.1) is 0 Å². The van der Waals surface area contributed by atoms with Crippen molar-refractivity contribution < 1.29 is 0 Å². The Bertz CT molecular complexity index is 658. The first-order valence-corrected chi connectivity index (χ1v) is 5.39. The molecule has 0 aliphatic carbocycles. The van der Waals surface area contributed by atoms with E-state index in [1.54, 1.807) is 17.4 Å². The van der Waals surface area contributed by atoms with E-state index >= 15 is 0 Å². The zero-order valence-electron chi connectivity index (χ0n) is 8.29. The van der Waals surface area contributed by atoms with Crippen molar-refractivity contribution in [3.63, 3.8) is 0 Å². The van der Waals surface area contributed by atoms with Gasteiger partial charge in [-0.25, -0.2) is 0 Å². The van der Waals surface area contributed by atoms with Crippen molar-refractivity contribution in [2.75, 3.05) is 5.73 Å². The summed E-state index contributed by atoms with van der Waals surface area (Å²) in [5.41, 5.74) is 9.48. The van der Waals surface area contributed by atoms with Crippen LogP contribution in [0.3, 0.4) is 0 Å². The highest BCUT2D eigenvalue weighted by molar-refractivity contribution is 7.17. The van der Waals surface area contributed by atoms with Crippen LogP contribution in [0.15, 0.2) is 37.4 Å². The first kappa shape index (κ1) is 9.78. The summed E-state index contributed by atoms with van der Waals surface area (Å²) in [7, 11) is 0. The maximum atomic E-state index is 5.74. The van der Waals surface area contributed by atoms with E-state index in [4.69, 9.17) is 5.73 Å². The Morgan fingerprint density at radius 3 is 2.87 bits per heavy atom. The second-order valence-electron chi connectivity index (χ2n) is 3.18. The third-order valence-corrected chi connectivity index (χ3v) is 3.31. The van der Waals surface area contributed by atoms with E-state index in [2.05, 4.69) is 18.9 Å². The van der Waals surface area contributed by atoms with Crippen molar-refractivity contribution in [3.05, 3.63) is 47.2 Å². The van der Waals surface area contributed by atoms with Gasteiger partial charge in [0.25, 0.3) is 0 Å². The number of hydrogen-bond donors (Lipinski definition) is 1. The summed E-state index contributed by atoms with van der Waals surface area (Å²) in [5, 5.41) is 2.19. The third kappa shape index (κ3) is 1.61. The van der Waals surface area contributed by atoms with Crippen LogP contribution < -0.4 is 15.5 Å². The van der Waals surface area contributed by atoms with E-state index in [0.29, 0.717) is 0 Å². The molecule has 1 heterocycles.